The van der Waals surface area contributed by atoms with Crippen molar-refractivity contribution in [3.63, 3.8) is 0 Å². The van der Waals surface area contributed by atoms with Crippen LogP contribution in [0.25, 0.3) is 0 Å². The molecule has 2 aliphatic rings. The summed E-state index contributed by atoms with van der Waals surface area (Å²) in [5.74, 6) is -1.47. The molecule has 1 heterocycles. The summed E-state index contributed by atoms with van der Waals surface area (Å²) in [7, 11) is 0. The number of fused-ring (bicyclic) bond motifs is 1. The van der Waals surface area contributed by atoms with Crippen molar-refractivity contribution in [1.82, 2.24) is 5.32 Å². The topological polar surface area (TPSA) is 81.7 Å². The SMILES string of the molecule is CCNC[C@H]1C(=O)O[C@H]2/C=C(\C)CC/C=C(\C)CC[C@H](C(C)=O)[C@@H](OC(C)=O)C[C@H]21. The van der Waals surface area contributed by atoms with Gasteiger partial charge in [-0.2, -0.15) is 0 Å². The van der Waals surface area contributed by atoms with Crippen LogP contribution in [0, 0.1) is 17.8 Å². The van der Waals surface area contributed by atoms with E-state index in [0.717, 1.165) is 25.8 Å². The minimum atomic E-state index is -0.562. The van der Waals surface area contributed by atoms with Gasteiger partial charge >= 0.3 is 11.9 Å². The monoisotopic (exact) mass is 419 g/mol. The number of ketones is 1. The predicted octanol–water partition coefficient (Wildman–Crippen LogP) is 3.75. The van der Waals surface area contributed by atoms with E-state index >= 15 is 0 Å². The number of nitrogens with one attached hydrogen (secondary N) is 1. The summed E-state index contributed by atoms with van der Waals surface area (Å²) in [6.45, 7) is 10.3. The summed E-state index contributed by atoms with van der Waals surface area (Å²) in [4.78, 5) is 37.0. The molecule has 0 amide bonds. The molecule has 0 aromatic carbocycles. The lowest BCUT2D eigenvalue weighted by Gasteiger charge is -2.30. The van der Waals surface area contributed by atoms with Gasteiger partial charge in [-0.25, -0.2) is 0 Å². The van der Waals surface area contributed by atoms with Crippen LogP contribution in [0.2, 0.25) is 0 Å². The third-order valence-electron chi connectivity index (χ3n) is 6.23. The van der Waals surface area contributed by atoms with Crippen LogP contribution in [0.4, 0.5) is 0 Å². The second-order valence-electron chi connectivity index (χ2n) is 8.72. The standard InChI is InChI=1S/C24H37NO5/c1-6-25-14-21-20-13-23(29-18(5)27)19(17(4)26)11-10-15(2)8-7-9-16(3)12-22(20)30-24(21)28/h8,12,19-23,25H,6-7,9-11,13-14H2,1-5H3/b15-8+,16-12+/t19-,20+,21-,22+,23+/m1/s1. The van der Waals surface area contributed by atoms with E-state index in [2.05, 4.69) is 25.2 Å². The molecule has 1 aliphatic carbocycles. The van der Waals surface area contributed by atoms with Gasteiger partial charge in [-0.05, 0) is 65.5 Å². The third kappa shape index (κ3) is 6.79. The maximum atomic E-state index is 12.7. The molecule has 0 unspecified atom stereocenters. The number of hydrogen-bond donors (Lipinski definition) is 1. The molecule has 5 atom stereocenters. The van der Waals surface area contributed by atoms with E-state index in [4.69, 9.17) is 9.47 Å². The van der Waals surface area contributed by atoms with Crippen molar-refractivity contribution in [2.45, 2.75) is 78.9 Å². The fourth-order valence-corrected chi connectivity index (χ4v) is 4.53. The summed E-state index contributed by atoms with van der Waals surface area (Å²) in [5.41, 5.74) is 2.42. The lowest BCUT2D eigenvalue weighted by Crippen LogP contribution is -2.38. The molecule has 30 heavy (non-hydrogen) atoms. The average molecular weight is 420 g/mol. The number of carbonyl (C=O) groups excluding carboxylic acids is 3. The lowest BCUT2D eigenvalue weighted by molar-refractivity contribution is -0.152. The summed E-state index contributed by atoms with van der Waals surface area (Å²) in [5, 5.41) is 3.25. The first kappa shape index (κ1) is 24.3. The normalized spacial score (nSPS) is 34.0. The van der Waals surface area contributed by atoms with E-state index in [0.29, 0.717) is 19.4 Å². The first-order chi connectivity index (χ1) is 14.2. The van der Waals surface area contributed by atoms with Crippen LogP contribution in [0.5, 0.6) is 0 Å². The van der Waals surface area contributed by atoms with Gasteiger partial charge in [0.1, 0.15) is 18.0 Å². The molecule has 1 aliphatic heterocycles. The molecular weight excluding hydrogens is 382 g/mol. The number of hydrogen-bond acceptors (Lipinski definition) is 6. The minimum absolute atomic E-state index is 0.0145. The number of esters is 2. The van der Waals surface area contributed by atoms with E-state index < -0.39 is 12.1 Å². The van der Waals surface area contributed by atoms with Crippen LogP contribution >= 0.6 is 0 Å². The van der Waals surface area contributed by atoms with Crippen LogP contribution in [-0.2, 0) is 23.9 Å². The Morgan fingerprint density at radius 2 is 1.93 bits per heavy atom. The van der Waals surface area contributed by atoms with Gasteiger partial charge < -0.3 is 14.8 Å². The maximum Gasteiger partial charge on any atom is 0.311 e. The molecule has 1 fully saturated rings. The molecule has 6 nitrogen and oxygen atoms in total. The molecule has 0 spiro atoms. The van der Waals surface area contributed by atoms with E-state index in [1.165, 1.54) is 18.1 Å². The molecule has 168 valence electrons. The fourth-order valence-electron chi connectivity index (χ4n) is 4.53. The minimum Gasteiger partial charge on any atom is -0.462 e. The molecule has 0 aromatic rings. The molecule has 0 aromatic heterocycles. The number of allylic oxidation sites excluding steroid dienone is 3. The number of ether oxygens (including phenoxy) is 2. The van der Waals surface area contributed by atoms with Crippen molar-refractivity contribution in [3.8, 4) is 0 Å². The third-order valence-corrected chi connectivity index (χ3v) is 6.23. The zero-order chi connectivity index (χ0) is 22.3. The summed E-state index contributed by atoms with van der Waals surface area (Å²) in [6.07, 6.45) is 7.00. The van der Waals surface area contributed by atoms with Crippen molar-refractivity contribution < 1.29 is 23.9 Å². The zero-order valence-corrected chi connectivity index (χ0v) is 19.0. The Morgan fingerprint density at radius 1 is 1.20 bits per heavy atom. The summed E-state index contributed by atoms with van der Waals surface area (Å²) in [6, 6.07) is 0. The van der Waals surface area contributed by atoms with Crippen LogP contribution in [0.15, 0.2) is 23.3 Å². The molecule has 6 heteroatoms. The van der Waals surface area contributed by atoms with Crippen molar-refractivity contribution >= 4 is 17.7 Å². The van der Waals surface area contributed by atoms with Crippen LogP contribution < -0.4 is 5.32 Å². The Labute approximate surface area is 180 Å². The van der Waals surface area contributed by atoms with Crippen LogP contribution in [0.3, 0.4) is 0 Å². The Morgan fingerprint density at radius 3 is 2.57 bits per heavy atom. The van der Waals surface area contributed by atoms with Gasteiger partial charge in [0.2, 0.25) is 0 Å². The molecular formula is C24H37NO5. The van der Waals surface area contributed by atoms with Crippen molar-refractivity contribution in [2.24, 2.45) is 17.8 Å². The number of carbonyl (C=O) groups is 3. The summed E-state index contributed by atoms with van der Waals surface area (Å²) >= 11 is 0. The number of Topliss-reactive ketones (excluding diaryl/α,β-unsaturated/α-hetero) is 1. The average Bonchev–Trinajstić information content (AvgIpc) is 2.93. The van der Waals surface area contributed by atoms with Gasteiger partial charge in [-0.15, -0.1) is 0 Å². The first-order valence-electron chi connectivity index (χ1n) is 11.1. The Hall–Kier alpha value is -1.95. The Kier molecular flexibility index (Phi) is 9.28. The van der Waals surface area contributed by atoms with Gasteiger partial charge in [0, 0.05) is 19.4 Å². The van der Waals surface area contributed by atoms with E-state index in [9.17, 15) is 14.4 Å². The second-order valence-corrected chi connectivity index (χ2v) is 8.72. The highest BCUT2D eigenvalue weighted by atomic mass is 16.6. The largest absolute Gasteiger partial charge is 0.462 e. The molecule has 1 N–H and O–H groups in total. The lowest BCUT2D eigenvalue weighted by atomic mass is 9.79. The van der Waals surface area contributed by atoms with Gasteiger partial charge in [-0.3, -0.25) is 14.4 Å². The van der Waals surface area contributed by atoms with Gasteiger partial charge in [0.05, 0.1) is 11.8 Å². The van der Waals surface area contributed by atoms with E-state index in [-0.39, 0.29) is 35.6 Å². The van der Waals surface area contributed by atoms with Crippen molar-refractivity contribution in [3.05, 3.63) is 23.3 Å². The highest BCUT2D eigenvalue weighted by Gasteiger charge is 2.46. The van der Waals surface area contributed by atoms with E-state index in [1.807, 2.05) is 13.0 Å². The predicted molar refractivity (Wildman–Crippen MR) is 116 cm³/mol. The molecule has 0 saturated carbocycles. The Bertz CT molecular complexity index is 696. The smallest absolute Gasteiger partial charge is 0.311 e. The van der Waals surface area contributed by atoms with Gasteiger partial charge in [-0.1, -0.05) is 24.1 Å². The second kappa shape index (κ2) is 11.4. The van der Waals surface area contributed by atoms with Gasteiger partial charge in [0.25, 0.3) is 0 Å². The fraction of sp³-hybridized carbons (Fsp3) is 0.708. The number of rotatable bonds is 5. The molecule has 2 rings (SSSR count). The van der Waals surface area contributed by atoms with E-state index in [1.54, 1.807) is 6.92 Å². The Balaban J connectivity index is 2.43. The van der Waals surface area contributed by atoms with Crippen LogP contribution in [-0.4, -0.2) is 43.0 Å². The first-order valence-corrected chi connectivity index (χ1v) is 11.1. The van der Waals surface area contributed by atoms with Gasteiger partial charge in [0.15, 0.2) is 0 Å². The quantitative estimate of drug-likeness (QED) is 0.540. The zero-order valence-electron chi connectivity index (χ0n) is 19.0. The van der Waals surface area contributed by atoms with Crippen molar-refractivity contribution in [1.29, 1.82) is 0 Å². The highest BCUT2D eigenvalue weighted by Crippen LogP contribution is 2.37. The highest BCUT2D eigenvalue weighted by molar-refractivity contribution is 5.79. The molecule has 0 bridgehead atoms. The van der Waals surface area contributed by atoms with Crippen molar-refractivity contribution in [2.75, 3.05) is 13.1 Å². The maximum absolute atomic E-state index is 12.7. The molecule has 0 radical (unpaired) electrons. The summed E-state index contributed by atoms with van der Waals surface area (Å²) < 4.78 is 11.4. The van der Waals surface area contributed by atoms with Crippen LogP contribution in [0.1, 0.15) is 66.7 Å². The molecule has 1 saturated heterocycles.